The molecular weight excluding hydrogens is 402 g/mol. The van der Waals surface area contributed by atoms with Crippen molar-refractivity contribution in [3.63, 3.8) is 0 Å². The lowest BCUT2D eigenvalue weighted by Gasteiger charge is -2.12. The summed E-state index contributed by atoms with van der Waals surface area (Å²) >= 11 is 13.4. The van der Waals surface area contributed by atoms with Crippen LogP contribution >= 0.6 is 45.8 Å². The highest BCUT2D eigenvalue weighted by Gasteiger charge is 2.19. The van der Waals surface area contributed by atoms with Crippen molar-refractivity contribution in [3.8, 4) is 0 Å². The second-order valence-corrected chi connectivity index (χ2v) is 5.28. The van der Waals surface area contributed by atoms with E-state index in [2.05, 4.69) is 5.32 Å². The lowest BCUT2D eigenvalue weighted by Crippen LogP contribution is -2.36. The van der Waals surface area contributed by atoms with Gasteiger partial charge in [0.1, 0.15) is 6.10 Å². The highest BCUT2D eigenvalue weighted by atomic mass is 127. The zero-order valence-corrected chi connectivity index (χ0v) is 12.4. The molecule has 0 aliphatic rings. The molecule has 0 saturated carbocycles. The molecule has 0 heterocycles. The molecule has 0 radical (unpaired) electrons. The minimum absolute atomic E-state index is 0.176. The zero-order chi connectivity index (χ0) is 13.9. The number of alkyl halides is 2. The van der Waals surface area contributed by atoms with E-state index in [0.29, 0.717) is 8.59 Å². The van der Waals surface area contributed by atoms with Crippen LogP contribution in [0.15, 0.2) is 12.1 Å². The minimum atomic E-state index is -2.91. The summed E-state index contributed by atoms with van der Waals surface area (Å²) in [7, 11) is 0. The van der Waals surface area contributed by atoms with Gasteiger partial charge in [0, 0.05) is 15.1 Å². The van der Waals surface area contributed by atoms with Gasteiger partial charge in [0.05, 0.1) is 10.6 Å². The molecule has 0 fully saturated rings. The number of halogens is 5. The number of amides is 1. The van der Waals surface area contributed by atoms with Gasteiger partial charge in [-0.1, -0.05) is 23.2 Å². The van der Waals surface area contributed by atoms with Gasteiger partial charge in [-0.2, -0.15) is 0 Å². The second kappa shape index (κ2) is 6.83. The highest BCUT2D eigenvalue weighted by Crippen LogP contribution is 2.26. The van der Waals surface area contributed by atoms with E-state index >= 15 is 0 Å². The van der Waals surface area contributed by atoms with Gasteiger partial charge >= 0.3 is 0 Å². The third kappa shape index (κ3) is 4.18. The predicted octanol–water partition coefficient (Wildman–Crippen LogP) is 2.95. The molecule has 1 atom stereocenters. The standard InChI is InChI=1S/C10H8Cl2F2INO2/c11-4-1-5(8(15)6(12)2-4)10(18)16-3-7(17)9(13)14/h1-2,7,9,17H,3H2,(H,16,18). The molecule has 1 amide bonds. The van der Waals surface area contributed by atoms with Crippen LogP contribution in [0.25, 0.3) is 0 Å². The Morgan fingerprint density at radius 3 is 2.61 bits per heavy atom. The maximum Gasteiger partial charge on any atom is 0.265 e. The third-order valence-corrected chi connectivity index (χ3v) is 4.00. The normalized spacial score (nSPS) is 12.6. The smallest absolute Gasteiger partial charge is 0.265 e. The number of aliphatic hydroxyl groups excluding tert-OH is 1. The van der Waals surface area contributed by atoms with Gasteiger partial charge in [0.2, 0.25) is 0 Å². The number of carbonyl (C=O) groups is 1. The second-order valence-electron chi connectivity index (χ2n) is 3.36. The van der Waals surface area contributed by atoms with Crippen LogP contribution in [0.5, 0.6) is 0 Å². The van der Waals surface area contributed by atoms with E-state index in [1.54, 1.807) is 0 Å². The Balaban J connectivity index is 2.79. The summed E-state index contributed by atoms with van der Waals surface area (Å²) in [6, 6.07) is 2.84. The maximum atomic E-state index is 12.0. The Hall–Kier alpha value is -0.180. The molecule has 1 rings (SSSR count). The van der Waals surface area contributed by atoms with Crippen molar-refractivity contribution >= 4 is 51.7 Å². The molecule has 0 bridgehead atoms. The Morgan fingerprint density at radius 2 is 2.06 bits per heavy atom. The van der Waals surface area contributed by atoms with E-state index in [1.807, 2.05) is 22.6 Å². The van der Waals surface area contributed by atoms with Crippen LogP contribution in [0.1, 0.15) is 10.4 Å². The molecule has 1 aromatic rings. The Morgan fingerprint density at radius 1 is 1.44 bits per heavy atom. The van der Waals surface area contributed by atoms with Gasteiger partial charge in [-0.3, -0.25) is 4.79 Å². The highest BCUT2D eigenvalue weighted by molar-refractivity contribution is 14.1. The lowest BCUT2D eigenvalue weighted by molar-refractivity contribution is -0.00270. The van der Waals surface area contributed by atoms with E-state index in [9.17, 15) is 13.6 Å². The fraction of sp³-hybridized carbons (Fsp3) is 0.300. The molecule has 8 heteroatoms. The molecule has 0 spiro atoms. The number of carbonyl (C=O) groups excluding carboxylic acids is 1. The molecule has 0 aliphatic heterocycles. The monoisotopic (exact) mass is 409 g/mol. The van der Waals surface area contributed by atoms with Gasteiger partial charge < -0.3 is 10.4 Å². The van der Waals surface area contributed by atoms with Crippen molar-refractivity contribution in [2.45, 2.75) is 12.5 Å². The Labute approximate surface area is 126 Å². The van der Waals surface area contributed by atoms with E-state index in [1.165, 1.54) is 12.1 Å². The zero-order valence-electron chi connectivity index (χ0n) is 8.76. The summed E-state index contributed by atoms with van der Waals surface area (Å²) in [5.41, 5.74) is 0.176. The quantitative estimate of drug-likeness (QED) is 0.593. The molecule has 2 N–H and O–H groups in total. The lowest BCUT2D eigenvalue weighted by atomic mass is 10.2. The number of hydrogen-bond acceptors (Lipinski definition) is 2. The molecule has 1 unspecified atom stereocenters. The first kappa shape index (κ1) is 15.9. The largest absolute Gasteiger partial charge is 0.385 e. The fourth-order valence-electron chi connectivity index (χ4n) is 1.10. The van der Waals surface area contributed by atoms with Crippen molar-refractivity contribution in [1.82, 2.24) is 5.32 Å². The molecule has 1 aromatic carbocycles. The first-order valence-corrected chi connectivity index (χ1v) is 6.55. The van der Waals surface area contributed by atoms with Crippen LogP contribution in [-0.2, 0) is 0 Å². The first-order valence-electron chi connectivity index (χ1n) is 4.72. The van der Waals surface area contributed by atoms with Crippen LogP contribution < -0.4 is 5.32 Å². The molecule has 3 nitrogen and oxygen atoms in total. The van der Waals surface area contributed by atoms with Gasteiger partial charge in [-0.05, 0) is 34.7 Å². The first-order chi connectivity index (χ1) is 8.32. The van der Waals surface area contributed by atoms with Crippen LogP contribution in [0, 0.1) is 3.57 Å². The minimum Gasteiger partial charge on any atom is -0.385 e. The average molecular weight is 410 g/mol. The summed E-state index contributed by atoms with van der Waals surface area (Å²) in [4.78, 5) is 11.7. The van der Waals surface area contributed by atoms with Crippen LogP contribution in [0.2, 0.25) is 10.0 Å². The van der Waals surface area contributed by atoms with Crippen molar-refractivity contribution in [2.75, 3.05) is 6.54 Å². The molecule has 0 aromatic heterocycles. The van der Waals surface area contributed by atoms with Crippen LogP contribution in [-0.4, -0.2) is 30.1 Å². The van der Waals surface area contributed by atoms with Crippen molar-refractivity contribution in [2.24, 2.45) is 0 Å². The Bertz CT molecular complexity index is 460. The van der Waals surface area contributed by atoms with E-state index in [0.717, 1.165) is 0 Å². The summed E-state index contributed by atoms with van der Waals surface area (Å²) in [6.07, 6.45) is -4.81. The van der Waals surface area contributed by atoms with Crippen LogP contribution in [0.3, 0.4) is 0 Å². The van der Waals surface area contributed by atoms with Gasteiger partial charge in [-0.25, -0.2) is 8.78 Å². The van der Waals surface area contributed by atoms with Gasteiger partial charge in [0.25, 0.3) is 12.3 Å². The Kier molecular flexibility index (Phi) is 6.03. The van der Waals surface area contributed by atoms with Crippen molar-refractivity contribution in [1.29, 1.82) is 0 Å². The van der Waals surface area contributed by atoms with Gasteiger partial charge in [0.15, 0.2) is 0 Å². The molecule has 0 aliphatic carbocycles. The van der Waals surface area contributed by atoms with Gasteiger partial charge in [-0.15, -0.1) is 0 Å². The summed E-state index contributed by atoms with van der Waals surface area (Å²) < 4.78 is 24.5. The maximum absolute atomic E-state index is 12.0. The molecule has 100 valence electrons. The topological polar surface area (TPSA) is 49.3 Å². The van der Waals surface area contributed by atoms with E-state index in [-0.39, 0.29) is 10.6 Å². The predicted molar refractivity (Wildman–Crippen MR) is 73.5 cm³/mol. The average Bonchev–Trinajstić information content (AvgIpc) is 2.29. The summed E-state index contributed by atoms with van der Waals surface area (Å²) in [6.45, 7) is -0.545. The third-order valence-electron chi connectivity index (χ3n) is 2.00. The van der Waals surface area contributed by atoms with Crippen molar-refractivity contribution in [3.05, 3.63) is 31.3 Å². The SMILES string of the molecule is O=C(NCC(O)C(F)F)c1cc(Cl)cc(Cl)c1I. The van der Waals surface area contributed by atoms with E-state index < -0.39 is 25.0 Å². The summed E-state index contributed by atoms with van der Waals surface area (Å²) in [5.74, 6) is -0.622. The molecule has 0 saturated heterocycles. The fourth-order valence-corrected chi connectivity index (χ4v) is 2.15. The number of hydrogen-bond donors (Lipinski definition) is 2. The number of benzene rings is 1. The number of aliphatic hydroxyl groups is 1. The van der Waals surface area contributed by atoms with E-state index in [4.69, 9.17) is 28.3 Å². The molecule has 18 heavy (non-hydrogen) atoms. The number of rotatable bonds is 4. The van der Waals surface area contributed by atoms with Crippen LogP contribution in [0.4, 0.5) is 8.78 Å². The van der Waals surface area contributed by atoms with Crippen molar-refractivity contribution < 1.29 is 18.7 Å². The number of nitrogens with one attached hydrogen (secondary N) is 1. The summed E-state index contributed by atoms with van der Waals surface area (Å²) in [5, 5.41) is 11.6. The molecular formula is C10H8Cl2F2INO2.